The Labute approximate surface area is 146 Å². The first-order valence-corrected chi connectivity index (χ1v) is 8.98. The van der Waals surface area contributed by atoms with Crippen molar-refractivity contribution >= 4 is 21.8 Å². The summed E-state index contributed by atoms with van der Waals surface area (Å²) in [5, 5.41) is 2.19. The van der Waals surface area contributed by atoms with Crippen molar-refractivity contribution in [2.24, 2.45) is 0 Å². The summed E-state index contributed by atoms with van der Waals surface area (Å²) < 4.78 is 76.0. The van der Waals surface area contributed by atoms with E-state index >= 15 is 0 Å². The molecule has 6 nitrogen and oxygen atoms in total. The van der Waals surface area contributed by atoms with E-state index < -0.39 is 38.6 Å². The van der Waals surface area contributed by atoms with Crippen LogP contribution in [0.5, 0.6) is 0 Å². The summed E-state index contributed by atoms with van der Waals surface area (Å²) in [6.45, 7) is 0.222. The Bertz CT molecular complexity index is 967. The highest BCUT2D eigenvalue weighted by Gasteiger charge is 2.41. The van der Waals surface area contributed by atoms with Crippen molar-refractivity contribution in [2.45, 2.75) is 36.9 Å². The van der Waals surface area contributed by atoms with Gasteiger partial charge in [0.25, 0.3) is 5.91 Å². The zero-order chi connectivity index (χ0) is 19.1. The fraction of sp³-hybridized carbons (Fsp3) is 0.333. The lowest BCUT2D eigenvalue weighted by Crippen LogP contribution is -2.23. The molecule has 26 heavy (non-hydrogen) atoms. The largest absolute Gasteiger partial charge is 0.435 e. The number of alkyl halides is 3. The van der Waals surface area contributed by atoms with Crippen LogP contribution in [0.2, 0.25) is 0 Å². The highest BCUT2D eigenvalue weighted by molar-refractivity contribution is 7.86. The van der Waals surface area contributed by atoms with Crippen molar-refractivity contribution in [3.8, 4) is 0 Å². The van der Waals surface area contributed by atoms with Gasteiger partial charge in [-0.15, -0.1) is 3.89 Å². The molecule has 3 rings (SSSR count). The quantitative estimate of drug-likeness (QED) is 0.644. The minimum absolute atomic E-state index is 0.145. The Morgan fingerprint density at radius 2 is 1.96 bits per heavy atom. The number of imidazole rings is 1. The van der Waals surface area contributed by atoms with Crippen molar-refractivity contribution in [3.63, 3.8) is 0 Å². The maximum atomic E-state index is 13.3. The number of nitrogens with zero attached hydrogens (tertiary/aromatic N) is 2. The number of nitrogens with one attached hydrogen (secondary N) is 1. The number of rotatable bonds is 3. The number of carbonyl (C=O) groups is 1. The Kier molecular flexibility index (Phi) is 4.51. The zero-order valence-corrected chi connectivity index (χ0v) is 14.0. The van der Waals surface area contributed by atoms with Crippen LogP contribution in [-0.2, 0) is 29.4 Å². The van der Waals surface area contributed by atoms with Gasteiger partial charge < -0.3 is 9.88 Å². The third-order valence-corrected chi connectivity index (χ3v) is 4.75. The summed E-state index contributed by atoms with van der Waals surface area (Å²) in [6, 6.07) is 4.20. The maximum Gasteiger partial charge on any atom is 0.435 e. The molecular formula is C15H13F4N3O3S. The van der Waals surface area contributed by atoms with Gasteiger partial charge in [0.1, 0.15) is 16.4 Å². The molecule has 1 amide bonds. The maximum absolute atomic E-state index is 13.3. The van der Waals surface area contributed by atoms with Gasteiger partial charge in [0.05, 0.1) is 0 Å². The van der Waals surface area contributed by atoms with Crippen LogP contribution in [0.3, 0.4) is 0 Å². The van der Waals surface area contributed by atoms with E-state index in [0.29, 0.717) is 19.3 Å². The number of carbonyl (C=O) groups excluding carboxylic acids is 1. The molecule has 1 aromatic carbocycles. The molecule has 0 unspecified atom stereocenters. The fourth-order valence-electron chi connectivity index (χ4n) is 2.83. The van der Waals surface area contributed by atoms with Crippen LogP contribution >= 0.6 is 0 Å². The van der Waals surface area contributed by atoms with Crippen molar-refractivity contribution in [3.05, 3.63) is 41.5 Å². The average molecular weight is 391 g/mol. The first kappa shape index (κ1) is 18.4. The molecule has 1 aliphatic heterocycles. The lowest BCUT2D eigenvalue weighted by Gasteiger charge is -2.16. The molecule has 0 radical (unpaired) electrons. The van der Waals surface area contributed by atoms with Gasteiger partial charge in [-0.1, -0.05) is 6.07 Å². The van der Waals surface area contributed by atoms with E-state index in [1.165, 1.54) is 16.7 Å². The van der Waals surface area contributed by atoms with E-state index in [1.54, 1.807) is 0 Å². The monoisotopic (exact) mass is 391 g/mol. The number of hydrogen-bond acceptors (Lipinski definition) is 4. The molecule has 11 heteroatoms. The number of halogens is 4. The van der Waals surface area contributed by atoms with E-state index in [0.717, 1.165) is 12.1 Å². The molecule has 0 saturated carbocycles. The summed E-state index contributed by atoms with van der Waals surface area (Å²) in [6.07, 6.45) is -3.21. The molecule has 0 bridgehead atoms. The first-order valence-electron chi connectivity index (χ1n) is 7.60. The molecule has 1 N–H and O–H groups in total. The van der Waals surface area contributed by atoms with Gasteiger partial charge in [-0.2, -0.15) is 21.6 Å². The number of amides is 1. The van der Waals surface area contributed by atoms with Gasteiger partial charge in [0, 0.05) is 18.7 Å². The fourth-order valence-corrected chi connectivity index (χ4v) is 3.34. The Morgan fingerprint density at radius 3 is 2.62 bits per heavy atom. The van der Waals surface area contributed by atoms with Crippen LogP contribution in [0.1, 0.15) is 34.8 Å². The van der Waals surface area contributed by atoms with Crippen molar-refractivity contribution in [1.82, 2.24) is 9.55 Å². The summed E-state index contributed by atoms with van der Waals surface area (Å²) in [7, 11) is -5.01. The normalized spacial score (nSPS) is 14.8. The van der Waals surface area contributed by atoms with E-state index in [9.17, 15) is 30.3 Å². The smallest absolute Gasteiger partial charge is 0.323 e. The second-order valence-electron chi connectivity index (χ2n) is 5.75. The number of fused-ring (bicyclic) bond motifs is 1. The summed E-state index contributed by atoms with van der Waals surface area (Å²) in [5.41, 5.74) is -2.07. The molecule has 0 fully saturated rings. The second kappa shape index (κ2) is 6.38. The number of benzene rings is 1. The minimum Gasteiger partial charge on any atom is -0.323 e. The van der Waals surface area contributed by atoms with Gasteiger partial charge in [0.2, 0.25) is 0 Å². The van der Waals surface area contributed by atoms with Crippen LogP contribution in [0.4, 0.5) is 22.7 Å². The molecule has 1 aliphatic rings. The molecule has 140 valence electrons. The summed E-state index contributed by atoms with van der Waals surface area (Å²) in [5.74, 6) is -0.916. The van der Waals surface area contributed by atoms with Crippen LogP contribution in [0.15, 0.2) is 29.2 Å². The summed E-state index contributed by atoms with van der Waals surface area (Å²) >= 11 is 0. The molecule has 0 aliphatic carbocycles. The Morgan fingerprint density at radius 1 is 1.23 bits per heavy atom. The van der Waals surface area contributed by atoms with E-state index in [1.807, 2.05) is 0 Å². The highest BCUT2D eigenvalue weighted by Crippen LogP contribution is 2.34. The highest BCUT2D eigenvalue weighted by atomic mass is 32.3. The molecule has 0 saturated heterocycles. The molecule has 0 atom stereocenters. The molecule has 1 aromatic heterocycles. The zero-order valence-electron chi connectivity index (χ0n) is 13.2. The van der Waals surface area contributed by atoms with Crippen LogP contribution in [0.25, 0.3) is 0 Å². The van der Waals surface area contributed by atoms with Gasteiger partial charge in [0.15, 0.2) is 5.69 Å². The number of aromatic nitrogens is 2. The Balaban J connectivity index is 2.00. The standard InChI is InChI=1S/C15H13F4N3O3S/c16-15(17,18)13-12(22-7-2-1-6-11(22)21-13)14(23)20-9-4-3-5-10(8-9)26(19,24)25/h3-5,8H,1-2,6-7H2,(H,20,23). The molecule has 2 aromatic rings. The van der Waals surface area contributed by atoms with E-state index in [-0.39, 0.29) is 18.1 Å². The molecular weight excluding hydrogens is 378 g/mol. The van der Waals surface area contributed by atoms with E-state index in [4.69, 9.17) is 0 Å². The van der Waals surface area contributed by atoms with Crippen LogP contribution < -0.4 is 5.32 Å². The van der Waals surface area contributed by atoms with Gasteiger partial charge in [-0.05, 0) is 31.0 Å². The second-order valence-corrected chi connectivity index (χ2v) is 7.10. The average Bonchev–Trinajstić information content (AvgIpc) is 2.94. The van der Waals surface area contributed by atoms with E-state index in [2.05, 4.69) is 10.3 Å². The lowest BCUT2D eigenvalue weighted by molar-refractivity contribution is -0.141. The van der Waals surface area contributed by atoms with Crippen molar-refractivity contribution < 1.29 is 30.3 Å². The van der Waals surface area contributed by atoms with Crippen molar-refractivity contribution in [1.29, 1.82) is 0 Å². The minimum atomic E-state index is -5.01. The first-order chi connectivity index (χ1) is 12.1. The predicted octanol–water partition coefficient (Wildman–Crippen LogP) is 3.15. The Hall–Kier alpha value is -2.43. The number of hydrogen-bond donors (Lipinski definition) is 1. The topological polar surface area (TPSA) is 81.1 Å². The lowest BCUT2D eigenvalue weighted by atomic mass is 10.1. The van der Waals surface area contributed by atoms with Gasteiger partial charge in [-0.3, -0.25) is 4.79 Å². The predicted molar refractivity (Wildman–Crippen MR) is 82.9 cm³/mol. The third kappa shape index (κ3) is 3.57. The van der Waals surface area contributed by atoms with Crippen LogP contribution in [0, 0.1) is 0 Å². The SMILES string of the molecule is O=C(Nc1cccc(S(=O)(=O)F)c1)c1c(C(F)(F)F)nc2n1CCCC2. The number of anilines is 1. The summed E-state index contributed by atoms with van der Waals surface area (Å²) in [4.78, 5) is 15.3. The van der Waals surface area contributed by atoms with Crippen LogP contribution in [-0.4, -0.2) is 23.9 Å². The van der Waals surface area contributed by atoms with Crippen molar-refractivity contribution in [2.75, 3.05) is 5.32 Å². The van der Waals surface area contributed by atoms with Gasteiger partial charge in [-0.25, -0.2) is 4.98 Å². The third-order valence-electron chi connectivity index (χ3n) is 3.94. The van der Waals surface area contributed by atoms with Gasteiger partial charge >= 0.3 is 16.4 Å². The molecule has 2 heterocycles. The number of aryl methyl sites for hydroxylation is 1. The molecule has 0 spiro atoms.